The van der Waals surface area contributed by atoms with E-state index in [1.54, 1.807) is 6.07 Å². The SMILES string of the molecule is CC.COC(CNc1cc(-c2ccc(C(F)(F)F)cc2)c2ccc(Br)cc2n1)OC. The van der Waals surface area contributed by atoms with E-state index in [9.17, 15) is 13.2 Å². The first-order valence-electron chi connectivity index (χ1n) is 9.39. The second-order valence-corrected chi connectivity index (χ2v) is 6.99. The van der Waals surface area contributed by atoms with Crippen LogP contribution in [0.4, 0.5) is 19.0 Å². The molecule has 3 rings (SSSR count). The Morgan fingerprint density at radius 1 is 1.00 bits per heavy atom. The summed E-state index contributed by atoms with van der Waals surface area (Å²) in [6.07, 6.45) is -4.82. The van der Waals surface area contributed by atoms with Crippen LogP contribution in [-0.2, 0) is 15.7 Å². The van der Waals surface area contributed by atoms with Gasteiger partial charge in [-0.25, -0.2) is 4.98 Å². The van der Waals surface area contributed by atoms with Gasteiger partial charge in [0.2, 0.25) is 0 Å². The second-order valence-electron chi connectivity index (χ2n) is 6.07. The van der Waals surface area contributed by atoms with Crippen molar-refractivity contribution in [2.75, 3.05) is 26.1 Å². The van der Waals surface area contributed by atoms with Crippen LogP contribution in [0.5, 0.6) is 0 Å². The van der Waals surface area contributed by atoms with E-state index in [0.29, 0.717) is 23.4 Å². The van der Waals surface area contributed by atoms with Crippen molar-refractivity contribution >= 4 is 32.7 Å². The van der Waals surface area contributed by atoms with Crippen LogP contribution in [0.1, 0.15) is 19.4 Å². The normalized spacial score (nSPS) is 11.4. The van der Waals surface area contributed by atoms with E-state index in [1.165, 1.54) is 26.4 Å². The molecule has 1 N–H and O–H groups in total. The molecule has 162 valence electrons. The molecule has 30 heavy (non-hydrogen) atoms. The molecule has 0 saturated heterocycles. The van der Waals surface area contributed by atoms with Gasteiger partial charge < -0.3 is 14.8 Å². The molecule has 1 aromatic heterocycles. The molecule has 0 radical (unpaired) electrons. The number of benzene rings is 2. The number of hydrogen-bond acceptors (Lipinski definition) is 4. The molecule has 0 unspecified atom stereocenters. The van der Waals surface area contributed by atoms with Crippen LogP contribution in [-0.4, -0.2) is 32.0 Å². The summed E-state index contributed by atoms with van der Waals surface area (Å²) in [6, 6.07) is 12.5. The second kappa shape index (κ2) is 10.7. The third-order valence-electron chi connectivity index (χ3n) is 4.27. The van der Waals surface area contributed by atoms with Crippen molar-refractivity contribution in [3.63, 3.8) is 0 Å². The topological polar surface area (TPSA) is 43.4 Å². The molecule has 0 fully saturated rings. The summed E-state index contributed by atoms with van der Waals surface area (Å²) >= 11 is 3.43. The molecule has 0 bridgehead atoms. The van der Waals surface area contributed by atoms with Gasteiger partial charge in [0.05, 0.1) is 17.6 Å². The fourth-order valence-corrected chi connectivity index (χ4v) is 3.17. The van der Waals surface area contributed by atoms with E-state index in [0.717, 1.165) is 27.6 Å². The first kappa shape index (κ1) is 24.1. The zero-order chi connectivity index (χ0) is 22.3. The fourth-order valence-electron chi connectivity index (χ4n) is 2.82. The number of halogens is 4. The van der Waals surface area contributed by atoms with Crippen molar-refractivity contribution in [2.45, 2.75) is 26.3 Å². The minimum absolute atomic E-state index is 0.367. The van der Waals surface area contributed by atoms with Gasteiger partial charge in [0.25, 0.3) is 0 Å². The van der Waals surface area contributed by atoms with E-state index < -0.39 is 18.0 Å². The molecule has 0 aliphatic carbocycles. The summed E-state index contributed by atoms with van der Waals surface area (Å²) in [6.45, 7) is 4.37. The lowest BCUT2D eigenvalue weighted by atomic mass is 9.99. The number of nitrogens with one attached hydrogen (secondary N) is 1. The highest BCUT2D eigenvalue weighted by atomic mass is 79.9. The smallest absolute Gasteiger partial charge is 0.365 e. The number of rotatable bonds is 6. The standard InChI is InChI=1S/C20H18BrF3N2O2.C2H6/c1-27-19(28-2)11-25-18-10-16(15-8-7-14(21)9-17(15)26-18)12-3-5-13(6-4-12)20(22,23)24;1-2/h3-10,19H,11H2,1-2H3,(H,25,26);1-2H3. The molecule has 0 aliphatic rings. The van der Waals surface area contributed by atoms with E-state index in [4.69, 9.17) is 9.47 Å². The van der Waals surface area contributed by atoms with Crippen molar-refractivity contribution in [1.29, 1.82) is 0 Å². The summed E-state index contributed by atoms with van der Waals surface area (Å²) in [7, 11) is 3.07. The Labute approximate surface area is 182 Å². The van der Waals surface area contributed by atoms with Crippen molar-refractivity contribution < 1.29 is 22.6 Å². The Morgan fingerprint density at radius 2 is 1.63 bits per heavy atom. The van der Waals surface area contributed by atoms with Crippen LogP contribution in [0, 0.1) is 0 Å². The third kappa shape index (κ3) is 5.93. The van der Waals surface area contributed by atoms with Gasteiger partial charge in [-0.05, 0) is 41.5 Å². The van der Waals surface area contributed by atoms with Gasteiger partial charge in [-0.3, -0.25) is 0 Å². The average Bonchev–Trinajstić information content (AvgIpc) is 2.74. The molecule has 8 heteroatoms. The number of anilines is 1. The highest BCUT2D eigenvalue weighted by Gasteiger charge is 2.30. The van der Waals surface area contributed by atoms with Crippen LogP contribution >= 0.6 is 15.9 Å². The van der Waals surface area contributed by atoms with Crippen LogP contribution in [0.3, 0.4) is 0 Å². The summed E-state index contributed by atoms with van der Waals surface area (Å²) in [4.78, 5) is 4.59. The minimum atomic E-state index is -4.37. The van der Waals surface area contributed by atoms with Crippen LogP contribution in [0.2, 0.25) is 0 Å². The highest BCUT2D eigenvalue weighted by Crippen LogP contribution is 2.34. The summed E-state index contributed by atoms with van der Waals surface area (Å²) in [5, 5.41) is 3.98. The highest BCUT2D eigenvalue weighted by molar-refractivity contribution is 9.10. The maximum Gasteiger partial charge on any atom is 0.416 e. The van der Waals surface area contributed by atoms with Crippen LogP contribution < -0.4 is 5.32 Å². The number of methoxy groups -OCH3 is 2. The number of nitrogens with zero attached hydrogens (tertiary/aromatic N) is 1. The van der Waals surface area contributed by atoms with E-state index >= 15 is 0 Å². The largest absolute Gasteiger partial charge is 0.416 e. The molecule has 0 aliphatic heterocycles. The first-order chi connectivity index (χ1) is 14.3. The number of hydrogen-bond donors (Lipinski definition) is 1. The van der Waals surface area contributed by atoms with E-state index in [1.807, 2.05) is 32.0 Å². The zero-order valence-corrected chi connectivity index (χ0v) is 18.8. The van der Waals surface area contributed by atoms with E-state index in [2.05, 4.69) is 26.2 Å². The van der Waals surface area contributed by atoms with Crippen LogP contribution in [0.15, 0.2) is 53.0 Å². The Balaban J connectivity index is 0.00000155. The molecule has 0 spiro atoms. The van der Waals surface area contributed by atoms with Gasteiger partial charge in [0.1, 0.15) is 5.82 Å². The number of aromatic nitrogens is 1. The lowest BCUT2D eigenvalue weighted by Crippen LogP contribution is -2.24. The Bertz CT molecular complexity index is 959. The predicted octanol–water partition coefficient (Wildman–Crippen LogP) is 6.74. The van der Waals surface area contributed by atoms with Gasteiger partial charge in [-0.15, -0.1) is 0 Å². The quantitative estimate of drug-likeness (QED) is 0.393. The predicted molar refractivity (Wildman–Crippen MR) is 118 cm³/mol. The van der Waals surface area contributed by atoms with E-state index in [-0.39, 0.29) is 0 Å². The zero-order valence-electron chi connectivity index (χ0n) is 17.2. The van der Waals surface area contributed by atoms with Gasteiger partial charge in [-0.2, -0.15) is 13.2 Å². The fraction of sp³-hybridized carbons (Fsp3) is 0.318. The molecule has 4 nitrogen and oxygen atoms in total. The monoisotopic (exact) mass is 484 g/mol. The third-order valence-corrected chi connectivity index (χ3v) is 4.76. The van der Waals surface area contributed by atoms with Crippen molar-refractivity contribution in [2.24, 2.45) is 0 Å². The molecule has 3 aromatic rings. The van der Waals surface area contributed by atoms with Crippen molar-refractivity contribution in [3.8, 4) is 11.1 Å². The first-order valence-corrected chi connectivity index (χ1v) is 10.2. The average molecular weight is 485 g/mol. The molecule has 2 aromatic carbocycles. The number of fused-ring (bicyclic) bond motifs is 1. The molecule has 0 amide bonds. The van der Waals surface area contributed by atoms with Crippen LogP contribution in [0.25, 0.3) is 22.0 Å². The Hall–Kier alpha value is -2.16. The molecule has 1 heterocycles. The number of alkyl halides is 3. The van der Waals surface area contributed by atoms with Gasteiger partial charge in [0, 0.05) is 24.1 Å². The Kier molecular flexibility index (Phi) is 8.64. The van der Waals surface area contributed by atoms with Gasteiger partial charge in [-0.1, -0.05) is 48.0 Å². The molecular formula is C22H24BrF3N2O2. The molecule has 0 saturated carbocycles. The summed E-state index contributed by atoms with van der Waals surface area (Å²) in [5.41, 5.74) is 1.47. The summed E-state index contributed by atoms with van der Waals surface area (Å²) in [5.74, 6) is 0.569. The van der Waals surface area contributed by atoms with Gasteiger partial charge in [0.15, 0.2) is 6.29 Å². The lowest BCUT2D eigenvalue weighted by Gasteiger charge is -2.16. The van der Waals surface area contributed by atoms with Crippen molar-refractivity contribution in [1.82, 2.24) is 4.98 Å². The molecule has 0 atom stereocenters. The number of pyridine rings is 1. The van der Waals surface area contributed by atoms with Crippen molar-refractivity contribution in [3.05, 3.63) is 58.6 Å². The maximum atomic E-state index is 12.9. The minimum Gasteiger partial charge on any atom is -0.365 e. The lowest BCUT2D eigenvalue weighted by molar-refractivity contribution is -0.137. The Morgan fingerprint density at radius 3 is 2.20 bits per heavy atom. The number of ether oxygens (including phenoxy) is 2. The summed E-state index contributed by atoms with van der Waals surface area (Å²) < 4.78 is 49.8. The maximum absolute atomic E-state index is 12.9. The molecular weight excluding hydrogens is 461 g/mol. The van der Waals surface area contributed by atoms with Gasteiger partial charge >= 0.3 is 6.18 Å².